The van der Waals surface area contributed by atoms with Gasteiger partial charge in [0, 0.05) is 6.20 Å². The van der Waals surface area contributed by atoms with E-state index in [0.717, 1.165) is 5.56 Å². The maximum absolute atomic E-state index is 12.4. The Labute approximate surface area is 88.5 Å². The van der Waals surface area contributed by atoms with Crippen LogP contribution in [-0.2, 0) is 0 Å². The third-order valence-corrected chi connectivity index (χ3v) is 2.93. The lowest BCUT2D eigenvalue weighted by Gasteiger charge is -2.10. The van der Waals surface area contributed by atoms with Crippen LogP contribution in [0.5, 0.6) is 5.75 Å². The molecule has 72 valence electrons. The molecule has 0 aliphatic heterocycles. The first-order valence-electron chi connectivity index (χ1n) is 3.55. The Morgan fingerprint density at radius 3 is 2.62 bits per heavy atom. The highest BCUT2D eigenvalue weighted by molar-refractivity contribution is 14.1. The molecule has 1 aromatic heterocycles. The van der Waals surface area contributed by atoms with Crippen molar-refractivity contribution in [2.24, 2.45) is 0 Å². The second-order valence-corrected chi connectivity index (χ2v) is 3.55. The average molecular weight is 299 g/mol. The van der Waals surface area contributed by atoms with E-state index in [9.17, 15) is 8.78 Å². The molecule has 0 atom stereocenters. The van der Waals surface area contributed by atoms with Gasteiger partial charge in [0.1, 0.15) is 5.69 Å². The first kappa shape index (κ1) is 10.6. The number of methoxy groups -OCH3 is 1. The fourth-order valence-electron chi connectivity index (χ4n) is 0.923. The summed E-state index contributed by atoms with van der Waals surface area (Å²) in [6.45, 7) is 1.80. The SMILES string of the molecule is COc1c(C(F)F)ncc(C)c1I. The maximum Gasteiger partial charge on any atom is 0.284 e. The van der Waals surface area contributed by atoms with E-state index in [1.54, 1.807) is 6.92 Å². The van der Waals surface area contributed by atoms with Gasteiger partial charge in [0.25, 0.3) is 6.43 Å². The average Bonchev–Trinajstić information content (AvgIpc) is 2.09. The summed E-state index contributed by atoms with van der Waals surface area (Å²) in [6, 6.07) is 0. The van der Waals surface area contributed by atoms with Crippen LogP contribution in [0.2, 0.25) is 0 Å². The van der Waals surface area contributed by atoms with Gasteiger partial charge in [-0.25, -0.2) is 8.78 Å². The summed E-state index contributed by atoms with van der Waals surface area (Å²) in [5.74, 6) is 0.176. The molecule has 0 bridgehead atoms. The van der Waals surface area contributed by atoms with Crippen molar-refractivity contribution in [3.63, 3.8) is 0 Å². The lowest BCUT2D eigenvalue weighted by molar-refractivity contribution is 0.141. The quantitative estimate of drug-likeness (QED) is 0.783. The zero-order chi connectivity index (χ0) is 10.0. The number of nitrogens with zero attached hydrogens (tertiary/aromatic N) is 1. The van der Waals surface area contributed by atoms with Crippen molar-refractivity contribution in [2.75, 3.05) is 7.11 Å². The molecule has 1 rings (SSSR count). The van der Waals surface area contributed by atoms with Crippen molar-refractivity contribution in [3.05, 3.63) is 21.0 Å². The lowest BCUT2D eigenvalue weighted by Crippen LogP contribution is -2.00. The monoisotopic (exact) mass is 299 g/mol. The number of halogens is 3. The Hall–Kier alpha value is -0.460. The number of aryl methyl sites for hydroxylation is 1. The Bertz CT molecular complexity index is 317. The highest BCUT2D eigenvalue weighted by atomic mass is 127. The number of rotatable bonds is 2. The van der Waals surface area contributed by atoms with Crippen LogP contribution >= 0.6 is 22.6 Å². The van der Waals surface area contributed by atoms with Crippen LogP contribution in [0.25, 0.3) is 0 Å². The first-order chi connectivity index (χ1) is 6.07. The van der Waals surface area contributed by atoms with Gasteiger partial charge >= 0.3 is 0 Å². The molecule has 0 saturated heterocycles. The third kappa shape index (κ3) is 2.07. The zero-order valence-electron chi connectivity index (χ0n) is 7.14. The van der Waals surface area contributed by atoms with Gasteiger partial charge in [-0.1, -0.05) is 0 Å². The highest BCUT2D eigenvalue weighted by Crippen LogP contribution is 2.32. The summed E-state index contributed by atoms with van der Waals surface area (Å²) >= 11 is 1.97. The van der Waals surface area contributed by atoms with E-state index in [1.807, 2.05) is 22.6 Å². The van der Waals surface area contributed by atoms with Crippen molar-refractivity contribution in [1.29, 1.82) is 0 Å². The highest BCUT2D eigenvalue weighted by Gasteiger charge is 2.18. The lowest BCUT2D eigenvalue weighted by atomic mass is 10.2. The summed E-state index contributed by atoms with van der Waals surface area (Å²) < 4.78 is 30.3. The fraction of sp³-hybridized carbons (Fsp3) is 0.375. The molecule has 0 radical (unpaired) electrons. The van der Waals surface area contributed by atoms with Gasteiger partial charge in [0.2, 0.25) is 0 Å². The number of ether oxygens (including phenoxy) is 1. The fourth-order valence-corrected chi connectivity index (χ4v) is 1.56. The largest absolute Gasteiger partial charge is 0.493 e. The summed E-state index contributed by atoms with van der Waals surface area (Å²) in [6.07, 6.45) is -1.17. The smallest absolute Gasteiger partial charge is 0.284 e. The Morgan fingerprint density at radius 2 is 2.15 bits per heavy atom. The van der Waals surface area contributed by atoms with Crippen molar-refractivity contribution in [1.82, 2.24) is 4.98 Å². The normalized spacial score (nSPS) is 10.6. The molecular weight excluding hydrogens is 291 g/mol. The van der Waals surface area contributed by atoms with Crippen LogP contribution in [0.3, 0.4) is 0 Å². The summed E-state index contributed by atoms with van der Waals surface area (Å²) in [4.78, 5) is 3.63. The second-order valence-electron chi connectivity index (χ2n) is 2.47. The van der Waals surface area contributed by atoms with E-state index in [0.29, 0.717) is 3.57 Å². The Balaban J connectivity index is 3.30. The number of aromatic nitrogens is 1. The van der Waals surface area contributed by atoms with Gasteiger partial charge in [0.15, 0.2) is 5.75 Å². The zero-order valence-corrected chi connectivity index (χ0v) is 9.30. The minimum Gasteiger partial charge on any atom is -0.493 e. The maximum atomic E-state index is 12.4. The molecule has 0 unspecified atom stereocenters. The molecule has 0 N–H and O–H groups in total. The predicted octanol–water partition coefficient (Wildman–Crippen LogP) is 2.94. The predicted molar refractivity (Wildman–Crippen MR) is 53.2 cm³/mol. The molecule has 0 fully saturated rings. The molecule has 1 heterocycles. The summed E-state index contributed by atoms with van der Waals surface area (Å²) in [5, 5.41) is 0. The molecule has 2 nitrogen and oxygen atoms in total. The molecule has 0 saturated carbocycles. The van der Waals surface area contributed by atoms with E-state index in [1.165, 1.54) is 13.3 Å². The van der Waals surface area contributed by atoms with Crippen molar-refractivity contribution >= 4 is 22.6 Å². The van der Waals surface area contributed by atoms with Crippen molar-refractivity contribution in [2.45, 2.75) is 13.3 Å². The molecule has 0 amide bonds. The number of alkyl halides is 2. The summed E-state index contributed by atoms with van der Waals surface area (Å²) in [7, 11) is 1.37. The minimum atomic E-state index is -2.59. The molecule has 5 heteroatoms. The van der Waals surface area contributed by atoms with Crippen LogP contribution in [0, 0.1) is 10.5 Å². The topological polar surface area (TPSA) is 22.1 Å². The molecule has 13 heavy (non-hydrogen) atoms. The molecule has 0 spiro atoms. The van der Waals surface area contributed by atoms with Gasteiger partial charge in [-0.3, -0.25) is 4.98 Å². The Kier molecular flexibility index (Phi) is 3.40. The van der Waals surface area contributed by atoms with Crippen molar-refractivity contribution < 1.29 is 13.5 Å². The van der Waals surface area contributed by atoms with E-state index >= 15 is 0 Å². The van der Waals surface area contributed by atoms with Gasteiger partial charge in [-0.15, -0.1) is 0 Å². The second kappa shape index (κ2) is 4.17. The van der Waals surface area contributed by atoms with E-state index in [2.05, 4.69) is 4.98 Å². The first-order valence-corrected chi connectivity index (χ1v) is 4.63. The van der Waals surface area contributed by atoms with Crippen LogP contribution in [0.1, 0.15) is 17.7 Å². The molecular formula is C8H8F2INO. The molecule has 1 aromatic rings. The van der Waals surface area contributed by atoms with Crippen LogP contribution < -0.4 is 4.74 Å². The van der Waals surface area contributed by atoms with Gasteiger partial charge in [-0.05, 0) is 35.1 Å². The van der Waals surface area contributed by atoms with Gasteiger partial charge in [0.05, 0.1) is 10.7 Å². The number of hydrogen-bond acceptors (Lipinski definition) is 2. The van der Waals surface area contributed by atoms with Crippen LogP contribution in [0.15, 0.2) is 6.20 Å². The molecule has 0 aliphatic rings. The van der Waals surface area contributed by atoms with Crippen LogP contribution in [0.4, 0.5) is 8.78 Å². The van der Waals surface area contributed by atoms with E-state index in [-0.39, 0.29) is 11.4 Å². The van der Waals surface area contributed by atoms with Crippen molar-refractivity contribution in [3.8, 4) is 5.75 Å². The number of hydrogen-bond donors (Lipinski definition) is 0. The standard InChI is InChI=1S/C8H8F2INO/c1-4-3-12-6(8(9)10)7(13-2)5(4)11/h3,8H,1-2H3. The molecule has 0 aromatic carbocycles. The van der Waals surface area contributed by atoms with Crippen LogP contribution in [-0.4, -0.2) is 12.1 Å². The van der Waals surface area contributed by atoms with E-state index < -0.39 is 6.43 Å². The van der Waals surface area contributed by atoms with Gasteiger partial charge < -0.3 is 4.74 Å². The Morgan fingerprint density at radius 1 is 1.54 bits per heavy atom. The summed E-state index contributed by atoms with van der Waals surface area (Å²) in [5.41, 5.74) is 0.541. The number of pyridine rings is 1. The third-order valence-electron chi connectivity index (χ3n) is 1.59. The van der Waals surface area contributed by atoms with Gasteiger partial charge in [-0.2, -0.15) is 0 Å². The van der Waals surface area contributed by atoms with E-state index in [4.69, 9.17) is 4.74 Å². The minimum absolute atomic E-state index is 0.176. The molecule has 0 aliphatic carbocycles.